The van der Waals surface area contributed by atoms with Gasteiger partial charge in [0.1, 0.15) is 5.82 Å². The van der Waals surface area contributed by atoms with E-state index in [0.717, 1.165) is 0 Å². The SMILES string of the molecule is Cc1nn(-c2ccc(F)cc2)c(C)c1C(=O)Nc1cccc(S(=O)(=O)N(C)c2ccccc2)c1. The summed E-state index contributed by atoms with van der Waals surface area (Å²) in [5, 5.41) is 7.19. The topological polar surface area (TPSA) is 84.3 Å². The summed E-state index contributed by atoms with van der Waals surface area (Å²) in [6, 6.07) is 20.6. The van der Waals surface area contributed by atoms with E-state index >= 15 is 0 Å². The number of carbonyl (C=O) groups excluding carboxylic acids is 1. The van der Waals surface area contributed by atoms with Crippen LogP contribution in [0.4, 0.5) is 15.8 Å². The third-order valence-electron chi connectivity index (χ3n) is 5.46. The van der Waals surface area contributed by atoms with Crippen LogP contribution in [0.15, 0.2) is 83.8 Å². The summed E-state index contributed by atoms with van der Waals surface area (Å²) in [5.41, 5.74) is 2.91. The monoisotopic (exact) mass is 478 g/mol. The molecule has 0 aliphatic carbocycles. The molecule has 0 unspecified atom stereocenters. The van der Waals surface area contributed by atoms with Crippen molar-refractivity contribution in [1.82, 2.24) is 9.78 Å². The molecule has 1 amide bonds. The highest BCUT2D eigenvalue weighted by Crippen LogP contribution is 2.25. The van der Waals surface area contributed by atoms with E-state index in [1.54, 1.807) is 67.1 Å². The van der Waals surface area contributed by atoms with E-state index in [2.05, 4.69) is 10.4 Å². The average molecular weight is 479 g/mol. The van der Waals surface area contributed by atoms with Crippen LogP contribution in [0.3, 0.4) is 0 Å². The third kappa shape index (κ3) is 4.42. The predicted octanol–water partition coefficient (Wildman–Crippen LogP) is 4.71. The lowest BCUT2D eigenvalue weighted by Crippen LogP contribution is -2.26. The Bertz CT molecular complexity index is 1450. The van der Waals surface area contributed by atoms with E-state index in [-0.39, 0.29) is 10.7 Å². The van der Waals surface area contributed by atoms with Crippen LogP contribution in [0.25, 0.3) is 5.69 Å². The van der Waals surface area contributed by atoms with Gasteiger partial charge in [0.15, 0.2) is 0 Å². The van der Waals surface area contributed by atoms with E-state index in [4.69, 9.17) is 0 Å². The number of sulfonamides is 1. The van der Waals surface area contributed by atoms with Crippen LogP contribution in [0.1, 0.15) is 21.7 Å². The molecule has 34 heavy (non-hydrogen) atoms. The summed E-state index contributed by atoms with van der Waals surface area (Å²) in [5.74, 6) is -0.787. The van der Waals surface area contributed by atoms with Gasteiger partial charge in [-0.2, -0.15) is 5.10 Å². The Labute approximate surface area is 197 Å². The molecule has 1 N–H and O–H groups in total. The van der Waals surface area contributed by atoms with Crippen molar-refractivity contribution in [3.8, 4) is 5.69 Å². The zero-order valence-corrected chi connectivity index (χ0v) is 19.7. The fourth-order valence-electron chi connectivity index (χ4n) is 3.67. The van der Waals surface area contributed by atoms with Crippen LogP contribution < -0.4 is 9.62 Å². The maximum atomic E-state index is 13.3. The highest BCUT2D eigenvalue weighted by atomic mass is 32.2. The molecule has 0 saturated carbocycles. The first-order valence-corrected chi connectivity index (χ1v) is 11.9. The minimum absolute atomic E-state index is 0.0482. The average Bonchev–Trinajstić information content (AvgIpc) is 3.13. The highest BCUT2D eigenvalue weighted by molar-refractivity contribution is 7.92. The number of nitrogens with zero attached hydrogens (tertiary/aromatic N) is 3. The first kappa shape index (κ1) is 23.2. The van der Waals surface area contributed by atoms with Crippen LogP contribution in [0.5, 0.6) is 0 Å². The molecular formula is C25H23FN4O3S. The van der Waals surface area contributed by atoms with Crippen LogP contribution >= 0.6 is 0 Å². The number of aromatic nitrogens is 2. The Morgan fingerprint density at radius 2 is 1.65 bits per heavy atom. The maximum Gasteiger partial charge on any atom is 0.264 e. The Hall–Kier alpha value is -3.98. The zero-order chi connectivity index (χ0) is 24.5. The molecule has 0 aliphatic heterocycles. The van der Waals surface area contributed by atoms with Gasteiger partial charge in [0.2, 0.25) is 0 Å². The standard InChI is InChI=1S/C25H23FN4O3S/c1-17-24(18(2)30(28-17)22-14-12-19(26)13-15-22)25(31)27-20-8-7-11-23(16-20)34(32,33)29(3)21-9-5-4-6-10-21/h4-16H,1-3H3,(H,27,31). The third-order valence-corrected chi connectivity index (χ3v) is 7.24. The van der Waals surface area contributed by atoms with Gasteiger partial charge >= 0.3 is 0 Å². The Kier molecular flexibility index (Phi) is 6.21. The van der Waals surface area contributed by atoms with Gasteiger partial charge in [-0.05, 0) is 68.4 Å². The Balaban J connectivity index is 1.61. The van der Waals surface area contributed by atoms with Gasteiger partial charge in [0.25, 0.3) is 15.9 Å². The number of nitrogens with one attached hydrogen (secondary N) is 1. The Morgan fingerprint density at radius 1 is 0.971 bits per heavy atom. The minimum Gasteiger partial charge on any atom is -0.322 e. The molecule has 4 rings (SSSR count). The quantitative estimate of drug-likeness (QED) is 0.435. The molecule has 0 atom stereocenters. The molecule has 3 aromatic carbocycles. The van der Waals surface area contributed by atoms with E-state index < -0.39 is 15.9 Å². The van der Waals surface area contributed by atoms with Crippen LogP contribution in [0, 0.1) is 19.7 Å². The fraction of sp³-hybridized carbons (Fsp3) is 0.120. The van der Waals surface area contributed by atoms with Crippen molar-refractivity contribution < 1.29 is 17.6 Å². The maximum absolute atomic E-state index is 13.3. The molecule has 1 aromatic heterocycles. The number of hydrogen-bond acceptors (Lipinski definition) is 4. The van der Waals surface area contributed by atoms with Crippen LogP contribution in [-0.2, 0) is 10.0 Å². The van der Waals surface area contributed by atoms with Crippen molar-refractivity contribution in [2.75, 3.05) is 16.7 Å². The number of carbonyl (C=O) groups is 1. The van der Waals surface area contributed by atoms with Crippen molar-refractivity contribution >= 4 is 27.3 Å². The van der Waals surface area contributed by atoms with Crippen molar-refractivity contribution in [1.29, 1.82) is 0 Å². The number of hydrogen-bond donors (Lipinski definition) is 1. The highest BCUT2D eigenvalue weighted by Gasteiger charge is 2.23. The summed E-state index contributed by atoms with van der Waals surface area (Å²) < 4.78 is 42.3. The molecule has 0 saturated heterocycles. The van der Waals surface area contributed by atoms with Gasteiger partial charge in [-0.15, -0.1) is 0 Å². The Morgan fingerprint density at radius 3 is 2.32 bits per heavy atom. The number of aryl methyl sites for hydroxylation is 1. The first-order valence-electron chi connectivity index (χ1n) is 10.5. The van der Waals surface area contributed by atoms with Gasteiger partial charge in [-0.25, -0.2) is 17.5 Å². The van der Waals surface area contributed by atoms with Crippen molar-refractivity contribution in [3.63, 3.8) is 0 Å². The van der Waals surface area contributed by atoms with Crippen molar-refractivity contribution in [2.24, 2.45) is 0 Å². The molecule has 0 spiro atoms. The lowest BCUT2D eigenvalue weighted by atomic mass is 10.1. The van der Waals surface area contributed by atoms with Crippen molar-refractivity contribution in [2.45, 2.75) is 18.7 Å². The zero-order valence-electron chi connectivity index (χ0n) is 18.9. The molecule has 0 fully saturated rings. The number of benzene rings is 3. The van der Waals surface area contributed by atoms with Gasteiger partial charge < -0.3 is 5.32 Å². The van der Waals surface area contributed by atoms with Gasteiger partial charge in [-0.3, -0.25) is 9.10 Å². The molecule has 7 nitrogen and oxygen atoms in total. The second-order valence-electron chi connectivity index (χ2n) is 7.72. The number of halogens is 1. The summed E-state index contributed by atoms with van der Waals surface area (Å²) >= 11 is 0. The van der Waals surface area contributed by atoms with Gasteiger partial charge in [-0.1, -0.05) is 24.3 Å². The fourth-order valence-corrected chi connectivity index (χ4v) is 4.91. The van der Waals surface area contributed by atoms with E-state index in [1.807, 2.05) is 6.07 Å². The van der Waals surface area contributed by atoms with Crippen molar-refractivity contribution in [3.05, 3.63) is 102 Å². The van der Waals surface area contributed by atoms with Crippen LogP contribution in [0.2, 0.25) is 0 Å². The van der Waals surface area contributed by atoms with E-state index in [1.165, 1.54) is 35.6 Å². The number of para-hydroxylation sites is 1. The molecule has 0 radical (unpaired) electrons. The van der Waals surface area contributed by atoms with E-state index in [0.29, 0.717) is 34.0 Å². The summed E-state index contributed by atoms with van der Waals surface area (Å²) in [4.78, 5) is 13.1. The molecular weight excluding hydrogens is 455 g/mol. The largest absolute Gasteiger partial charge is 0.322 e. The molecule has 174 valence electrons. The lowest BCUT2D eigenvalue weighted by molar-refractivity contribution is 0.102. The summed E-state index contributed by atoms with van der Waals surface area (Å²) in [6.07, 6.45) is 0. The smallest absolute Gasteiger partial charge is 0.264 e. The van der Waals surface area contributed by atoms with Crippen LogP contribution in [-0.4, -0.2) is 31.2 Å². The second kappa shape index (κ2) is 9.11. The number of anilines is 2. The summed E-state index contributed by atoms with van der Waals surface area (Å²) in [7, 11) is -2.35. The van der Waals surface area contributed by atoms with Gasteiger partial charge in [0, 0.05) is 12.7 Å². The normalized spacial score (nSPS) is 11.3. The number of amides is 1. The second-order valence-corrected chi connectivity index (χ2v) is 9.69. The molecule has 0 bridgehead atoms. The van der Waals surface area contributed by atoms with Gasteiger partial charge in [0.05, 0.1) is 33.2 Å². The molecule has 1 heterocycles. The molecule has 9 heteroatoms. The predicted molar refractivity (Wildman–Crippen MR) is 129 cm³/mol. The molecule has 4 aromatic rings. The summed E-state index contributed by atoms with van der Waals surface area (Å²) in [6.45, 7) is 3.45. The lowest BCUT2D eigenvalue weighted by Gasteiger charge is -2.20. The molecule has 0 aliphatic rings. The minimum atomic E-state index is -3.83. The number of rotatable bonds is 6. The van der Waals surface area contributed by atoms with E-state index in [9.17, 15) is 17.6 Å². The first-order chi connectivity index (χ1) is 16.2.